The maximum Gasteiger partial charge on any atom is 0.276 e. The van der Waals surface area contributed by atoms with Crippen molar-refractivity contribution in [3.63, 3.8) is 0 Å². The van der Waals surface area contributed by atoms with Gasteiger partial charge in [0, 0.05) is 6.54 Å². The molecule has 27 heavy (non-hydrogen) atoms. The van der Waals surface area contributed by atoms with Crippen molar-refractivity contribution < 1.29 is 18.7 Å². The Morgan fingerprint density at radius 2 is 1.89 bits per heavy atom. The first-order chi connectivity index (χ1) is 13.2. The molecule has 2 heterocycles. The molecule has 0 radical (unpaired) electrons. The molecule has 138 valence electrons. The Morgan fingerprint density at radius 1 is 1.11 bits per heavy atom. The van der Waals surface area contributed by atoms with Gasteiger partial charge in [-0.1, -0.05) is 12.1 Å². The topological polar surface area (TPSA) is 56.6 Å². The number of rotatable bonds is 5. The van der Waals surface area contributed by atoms with E-state index < -0.39 is 0 Å². The summed E-state index contributed by atoms with van der Waals surface area (Å²) in [6, 6.07) is 14.9. The predicted molar refractivity (Wildman–Crippen MR) is 97.6 cm³/mol. The molecule has 0 aliphatic carbocycles. The lowest BCUT2D eigenvalue weighted by Gasteiger charge is -2.28. The molecular formula is C20H18FN3O3. The molecule has 0 saturated carbocycles. The van der Waals surface area contributed by atoms with Crippen molar-refractivity contribution in [1.82, 2.24) is 9.78 Å². The molecule has 0 bridgehead atoms. The Balaban J connectivity index is 1.52. The van der Waals surface area contributed by atoms with Crippen LogP contribution in [0.1, 0.15) is 16.2 Å². The quantitative estimate of drug-likeness (QED) is 0.695. The van der Waals surface area contributed by atoms with Crippen molar-refractivity contribution in [3.05, 3.63) is 71.8 Å². The van der Waals surface area contributed by atoms with Crippen LogP contribution in [-0.2, 0) is 13.2 Å². The van der Waals surface area contributed by atoms with Gasteiger partial charge in [0.2, 0.25) is 0 Å². The number of benzene rings is 2. The second kappa shape index (κ2) is 7.11. The Morgan fingerprint density at radius 3 is 2.67 bits per heavy atom. The standard InChI is InChI=1S/C20H18FN3O3/c1-26-19-5-3-2-4-17(19)23-10-11-24-18(20(23)25)12-15(22-24)13-27-16-8-6-14(21)7-9-16/h2-9,12H,10-11,13H2,1H3. The van der Waals surface area contributed by atoms with E-state index in [9.17, 15) is 9.18 Å². The molecule has 0 saturated heterocycles. The highest BCUT2D eigenvalue weighted by atomic mass is 19.1. The van der Waals surface area contributed by atoms with E-state index in [0.717, 1.165) is 5.69 Å². The molecule has 1 aliphatic heterocycles. The second-order valence-electron chi connectivity index (χ2n) is 6.12. The Hall–Kier alpha value is -3.35. The molecule has 6 nitrogen and oxygen atoms in total. The Kier molecular flexibility index (Phi) is 4.50. The van der Waals surface area contributed by atoms with Crippen LogP contribution in [0.3, 0.4) is 0 Å². The summed E-state index contributed by atoms with van der Waals surface area (Å²) in [4.78, 5) is 14.6. The number of carbonyl (C=O) groups is 1. The third kappa shape index (κ3) is 3.36. The molecule has 4 rings (SSSR count). The summed E-state index contributed by atoms with van der Waals surface area (Å²) in [5.74, 6) is 0.746. The van der Waals surface area contributed by atoms with E-state index in [-0.39, 0.29) is 18.3 Å². The molecule has 7 heteroatoms. The highest BCUT2D eigenvalue weighted by Gasteiger charge is 2.29. The number of aromatic nitrogens is 2. The summed E-state index contributed by atoms with van der Waals surface area (Å²) in [6.07, 6.45) is 0. The van der Waals surface area contributed by atoms with Crippen molar-refractivity contribution in [1.29, 1.82) is 0 Å². The summed E-state index contributed by atoms with van der Waals surface area (Å²) >= 11 is 0. The molecule has 1 aliphatic rings. The minimum atomic E-state index is -0.318. The van der Waals surface area contributed by atoms with Crippen molar-refractivity contribution in [2.75, 3.05) is 18.6 Å². The van der Waals surface area contributed by atoms with Crippen molar-refractivity contribution in [2.24, 2.45) is 0 Å². The van der Waals surface area contributed by atoms with Crippen LogP contribution in [0.4, 0.5) is 10.1 Å². The summed E-state index contributed by atoms with van der Waals surface area (Å²) in [6.45, 7) is 1.29. The number of nitrogens with zero attached hydrogens (tertiary/aromatic N) is 3. The van der Waals surface area contributed by atoms with E-state index in [1.54, 1.807) is 34.9 Å². The molecule has 1 amide bonds. The number of halogens is 1. The number of carbonyl (C=O) groups excluding carboxylic acids is 1. The number of methoxy groups -OCH3 is 1. The molecule has 1 aromatic heterocycles. The minimum Gasteiger partial charge on any atom is -0.495 e. The fourth-order valence-corrected chi connectivity index (χ4v) is 3.09. The van der Waals surface area contributed by atoms with Crippen LogP contribution in [0.5, 0.6) is 11.5 Å². The molecule has 0 atom stereocenters. The van der Waals surface area contributed by atoms with Crippen molar-refractivity contribution in [2.45, 2.75) is 13.2 Å². The molecule has 3 aromatic rings. The summed E-state index contributed by atoms with van der Waals surface area (Å²) in [5.41, 5.74) is 1.89. The zero-order valence-electron chi connectivity index (χ0n) is 14.8. The van der Waals surface area contributed by atoms with Crippen molar-refractivity contribution >= 4 is 11.6 Å². The fraction of sp³-hybridized carbons (Fsp3) is 0.200. The van der Waals surface area contributed by atoms with E-state index in [4.69, 9.17) is 9.47 Å². The molecular weight excluding hydrogens is 349 g/mol. The first-order valence-electron chi connectivity index (χ1n) is 8.55. The molecule has 0 unspecified atom stereocenters. The summed E-state index contributed by atoms with van der Waals surface area (Å²) in [5, 5.41) is 4.44. The predicted octanol–water partition coefficient (Wildman–Crippen LogP) is 3.27. The molecule has 2 aromatic carbocycles. The lowest BCUT2D eigenvalue weighted by molar-refractivity contribution is 0.0961. The summed E-state index contributed by atoms with van der Waals surface area (Å²) in [7, 11) is 1.59. The van der Waals surface area contributed by atoms with Gasteiger partial charge in [-0.25, -0.2) is 4.39 Å². The highest BCUT2D eigenvalue weighted by Crippen LogP contribution is 2.30. The van der Waals surface area contributed by atoms with Gasteiger partial charge in [-0.3, -0.25) is 9.48 Å². The molecule has 0 spiro atoms. The van der Waals surface area contributed by atoms with Gasteiger partial charge in [0.15, 0.2) is 0 Å². The first kappa shape index (κ1) is 17.1. The van der Waals surface area contributed by atoms with Gasteiger partial charge < -0.3 is 14.4 Å². The average Bonchev–Trinajstić information content (AvgIpc) is 3.12. The third-order valence-electron chi connectivity index (χ3n) is 4.41. The minimum absolute atomic E-state index is 0.133. The van der Waals surface area contributed by atoms with Gasteiger partial charge in [0.05, 0.1) is 19.3 Å². The van der Waals surface area contributed by atoms with Crippen LogP contribution in [0.15, 0.2) is 54.6 Å². The number of hydrogen-bond acceptors (Lipinski definition) is 4. The van der Waals surface area contributed by atoms with Gasteiger partial charge in [-0.2, -0.15) is 5.10 Å². The van der Waals surface area contributed by atoms with Crippen LogP contribution in [0.25, 0.3) is 0 Å². The van der Waals surface area contributed by atoms with Gasteiger partial charge in [-0.05, 0) is 42.5 Å². The zero-order chi connectivity index (χ0) is 18.8. The zero-order valence-corrected chi connectivity index (χ0v) is 14.8. The van der Waals surface area contributed by atoms with Gasteiger partial charge in [-0.15, -0.1) is 0 Å². The van der Waals surface area contributed by atoms with Gasteiger partial charge in [0.1, 0.15) is 35.3 Å². The van der Waals surface area contributed by atoms with Crippen LogP contribution in [-0.4, -0.2) is 29.3 Å². The van der Waals surface area contributed by atoms with E-state index in [1.165, 1.54) is 12.1 Å². The molecule has 0 N–H and O–H groups in total. The maximum absolute atomic E-state index is 13.0. The second-order valence-corrected chi connectivity index (χ2v) is 6.12. The van der Waals surface area contributed by atoms with E-state index >= 15 is 0 Å². The summed E-state index contributed by atoms with van der Waals surface area (Å²) < 4.78 is 25.6. The van der Waals surface area contributed by atoms with E-state index in [0.29, 0.717) is 36.0 Å². The van der Waals surface area contributed by atoms with Crippen LogP contribution >= 0.6 is 0 Å². The number of hydrogen-bond donors (Lipinski definition) is 0. The van der Waals surface area contributed by atoms with E-state index in [2.05, 4.69) is 5.10 Å². The SMILES string of the molecule is COc1ccccc1N1CCn2nc(COc3ccc(F)cc3)cc2C1=O. The number of ether oxygens (including phenoxy) is 2. The largest absolute Gasteiger partial charge is 0.495 e. The lowest BCUT2D eigenvalue weighted by atomic mass is 10.2. The van der Waals surface area contributed by atoms with Gasteiger partial charge in [0.25, 0.3) is 5.91 Å². The van der Waals surface area contributed by atoms with Crippen LogP contribution < -0.4 is 14.4 Å². The normalized spacial score (nSPS) is 13.4. The number of anilines is 1. The number of fused-ring (bicyclic) bond motifs is 1. The number of amides is 1. The first-order valence-corrected chi connectivity index (χ1v) is 8.55. The molecule has 0 fully saturated rings. The highest BCUT2D eigenvalue weighted by molar-refractivity contribution is 6.06. The van der Waals surface area contributed by atoms with Crippen molar-refractivity contribution in [3.8, 4) is 11.5 Å². The lowest BCUT2D eigenvalue weighted by Crippen LogP contribution is -2.40. The monoisotopic (exact) mass is 367 g/mol. The number of para-hydroxylation sites is 2. The Labute approximate surface area is 155 Å². The third-order valence-corrected chi connectivity index (χ3v) is 4.41. The Bertz CT molecular complexity index is 969. The maximum atomic E-state index is 13.0. The van der Waals surface area contributed by atoms with Crippen LogP contribution in [0.2, 0.25) is 0 Å². The van der Waals surface area contributed by atoms with Gasteiger partial charge >= 0.3 is 0 Å². The average molecular weight is 367 g/mol. The van der Waals surface area contributed by atoms with Crippen LogP contribution in [0, 0.1) is 5.82 Å². The van der Waals surface area contributed by atoms with E-state index in [1.807, 2.05) is 24.3 Å². The smallest absolute Gasteiger partial charge is 0.276 e. The fourth-order valence-electron chi connectivity index (χ4n) is 3.09.